The summed E-state index contributed by atoms with van der Waals surface area (Å²) in [7, 11) is 0. The quantitative estimate of drug-likeness (QED) is 0.869. The zero-order valence-electron chi connectivity index (χ0n) is 15.2. The molecule has 2 aromatic rings. The highest BCUT2D eigenvalue weighted by Crippen LogP contribution is 2.11. The molecule has 1 fully saturated rings. The number of hydrogen-bond donors (Lipinski definition) is 1. The number of aryl methyl sites for hydroxylation is 1. The van der Waals surface area contributed by atoms with Crippen LogP contribution in [0.25, 0.3) is 0 Å². The Morgan fingerprint density at radius 3 is 2.46 bits per heavy atom. The van der Waals surface area contributed by atoms with Gasteiger partial charge in [-0.3, -0.25) is 4.90 Å². The molecule has 3 rings (SSSR count). The van der Waals surface area contributed by atoms with E-state index in [9.17, 15) is 4.79 Å². The van der Waals surface area contributed by atoms with Crippen molar-refractivity contribution in [2.75, 3.05) is 32.7 Å². The Bertz CT molecular complexity index is 724. The first kappa shape index (κ1) is 18.7. The third kappa shape index (κ3) is 5.48. The lowest BCUT2D eigenvalue weighted by atomic mass is 10.1. The molecule has 2 aromatic carbocycles. The van der Waals surface area contributed by atoms with Gasteiger partial charge in [0, 0.05) is 44.3 Å². The van der Waals surface area contributed by atoms with Crippen molar-refractivity contribution in [2.45, 2.75) is 19.9 Å². The van der Waals surface area contributed by atoms with Crippen LogP contribution < -0.4 is 5.32 Å². The summed E-state index contributed by atoms with van der Waals surface area (Å²) in [5.41, 5.74) is 3.65. The van der Waals surface area contributed by atoms with E-state index >= 15 is 0 Å². The highest BCUT2D eigenvalue weighted by molar-refractivity contribution is 6.30. The number of carbonyl (C=O) groups excluding carboxylic acids is 1. The van der Waals surface area contributed by atoms with E-state index in [2.05, 4.69) is 41.4 Å². The number of nitrogens with one attached hydrogen (secondary N) is 1. The molecule has 1 aliphatic rings. The SMILES string of the molecule is Cc1cccc(CNC(=O)N2CCN(CCc3ccc(Cl)cc3)CC2)c1. The normalized spacial score (nSPS) is 15.1. The van der Waals surface area contributed by atoms with Gasteiger partial charge in [-0.25, -0.2) is 4.79 Å². The molecule has 26 heavy (non-hydrogen) atoms. The molecule has 0 saturated carbocycles. The summed E-state index contributed by atoms with van der Waals surface area (Å²) in [6.07, 6.45) is 1.01. The van der Waals surface area contributed by atoms with E-state index in [4.69, 9.17) is 11.6 Å². The Morgan fingerprint density at radius 2 is 1.77 bits per heavy atom. The van der Waals surface area contributed by atoms with Crippen molar-refractivity contribution in [3.8, 4) is 0 Å². The van der Waals surface area contributed by atoms with Crippen LogP contribution in [0.3, 0.4) is 0 Å². The van der Waals surface area contributed by atoms with Crippen molar-refractivity contribution < 1.29 is 4.79 Å². The van der Waals surface area contributed by atoms with E-state index in [-0.39, 0.29) is 6.03 Å². The van der Waals surface area contributed by atoms with Gasteiger partial charge in [-0.2, -0.15) is 0 Å². The van der Waals surface area contributed by atoms with Gasteiger partial charge in [0.25, 0.3) is 0 Å². The first-order valence-electron chi connectivity index (χ1n) is 9.15. The Labute approximate surface area is 160 Å². The minimum atomic E-state index is 0.0313. The van der Waals surface area contributed by atoms with Crippen LogP contribution in [0.5, 0.6) is 0 Å². The molecule has 0 spiro atoms. The van der Waals surface area contributed by atoms with Crippen molar-refractivity contribution >= 4 is 17.6 Å². The molecule has 4 nitrogen and oxygen atoms in total. The van der Waals surface area contributed by atoms with Gasteiger partial charge < -0.3 is 10.2 Å². The van der Waals surface area contributed by atoms with Gasteiger partial charge in [-0.15, -0.1) is 0 Å². The second kappa shape index (κ2) is 9.06. The largest absolute Gasteiger partial charge is 0.334 e. The Balaban J connectivity index is 1.38. The van der Waals surface area contributed by atoms with Crippen LogP contribution >= 0.6 is 11.6 Å². The molecule has 0 radical (unpaired) electrons. The summed E-state index contributed by atoms with van der Waals surface area (Å²) in [4.78, 5) is 16.7. The van der Waals surface area contributed by atoms with E-state index in [1.54, 1.807) is 0 Å². The number of rotatable bonds is 5. The van der Waals surface area contributed by atoms with Crippen LogP contribution in [0.2, 0.25) is 5.02 Å². The number of urea groups is 1. The predicted molar refractivity (Wildman–Crippen MR) is 107 cm³/mol. The molecule has 0 unspecified atom stereocenters. The maximum Gasteiger partial charge on any atom is 0.317 e. The van der Waals surface area contributed by atoms with Crippen LogP contribution in [0.1, 0.15) is 16.7 Å². The van der Waals surface area contributed by atoms with E-state index < -0.39 is 0 Å². The van der Waals surface area contributed by atoms with Crippen LogP contribution in [0.15, 0.2) is 48.5 Å². The van der Waals surface area contributed by atoms with Crippen molar-refractivity contribution in [1.29, 1.82) is 0 Å². The molecule has 1 saturated heterocycles. The average Bonchev–Trinajstić information content (AvgIpc) is 2.66. The first-order chi connectivity index (χ1) is 12.6. The van der Waals surface area contributed by atoms with E-state index in [0.717, 1.165) is 49.7 Å². The molecule has 0 atom stereocenters. The third-order valence-electron chi connectivity index (χ3n) is 4.82. The number of nitrogens with zero attached hydrogens (tertiary/aromatic N) is 2. The van der Waals surface area contributed by atoms with Crippen LogP contribution in [-0.4, -0.2) is 48.6 Å². The summed E-state index contributed by atoms with van der Waals surface area (Å²) in [5.74, 6) is 0. The van der Waals surface area contributed by atoms with Gasteiger partial charge in [0.2, 0.25) is 0 Å². The van der Waals surface area contributed by atoms with Crippen molar-refractivity contribution in [3.05, 3.63) is 70.2 Å². The number of benzene rings is 2. The summed E-state index contributed by atoms with van der Waals surface area (Å²) in [6, 6.07) is 16.3. The monoisotopic (exact) mass is 371 g/mol. The zero-order valence-corrected chi connectivity index (χ0v) is 16.0. The fourth-order valence-corrected chi connectivity index (χ4v) is 3.35. The Morgan fingerprint density at radius 1 is 1.04 bits per heavy atom. The Hall–Kier alpha value is -2.04. The summed E-state index contributed by atoms with van der Waals surface area (Å²) < 4.78 is 0. The van der Waals surface area contributed by atoms with Crippen LogP contribution in [0.4, 0.5) is 4.79 Å². The topological polar surface area (TPSA) is 35.6 Å². The Kier molecular flexibility index (Phi) is 6.53. The number of carbonyl (C=O) groups is 1. The van der Waals surface area contributed by atoms with Crippen molar-refractivity contribution in [3.63, 3.8) is 0 Å². The lowest BCUT2D eigenvalue weighted by Crippen LogP contribution is -2.51. The minimum absolute atomic E-state index is 0.0313. The molecular weight excluding hydrogens is 346 g/mol. The smallest absolute Gasteiger partial charge is 0.317 e. The molecule has 1 N–H and O–H groups in total. The first-order valence-corrected chi connectivity index (χ1v) is 9.53. The predicted octanol–water partition coefficient (Wildman–Crippen LogP) is 3.72. The highest BCUT2D eigenvalue weighted by atomic mass is 35.5. The molecule has 5 heteroatoms. The van der Waals surface area contributed by atoms with E-state index in [1.807, 2.05) is 29.2 Å². The third-order valence-corrected chi connectivity index (χ3v) is 5.07. The van der Waals surface area contributed by atoms with Gasteiger partial charge >= 0.3 is 6.03 Å². The maximum atomic E-state index is 12.4. The fraction of sp³-hybridized carbons (Fsp3) is 0.381. The molecule has 2 amide bonds. The van der Waals surface area contributed by atoms with Gasteiger partial charge in [-0.05, 0) is 36.6 Å². The lowest BCUT2D eigenvalue weighted by molar-refractivity contribution is 0.140. The second-order valence-electron chi connectivity index (χ2n) is 6.85. The van der Waals surface area contributed by atoms with Crippen LogP contribution in [-0.2, 0) is 13.0 Å². The highest BCUT2D eigenvalue weighted by Gasteiger charge is 2.20. The fourth-order valence-electron chi connectivity index (χ4n) is 3.22. The summed E-state index contributed by atoms with van der Waals surface area (Å²) in [6.45, 7) is 7.06. The molecule has 0 bridgehead atoms. The molecule has 0 aliphatic carbocycles. The number of piperazine rings is 1. The molecule has 138 valence electrons. The van der Waals surface area contributed by atoms with Gasteiger partial charge in [0.1, 0.15) is 0 Å². The molecule has 1 heterocycles. The van der Waals surface area contributed by atoms with Gasteiger partial charge in [0.05, 0.1) is 0 Å². The lowest BCUT2D eigenvalue weighted by Gasteiger charge is -2.34. The van der Waals surface area contributed by atoms with Crippen molar-refractivity contribution in [1.82, 2.24) is 15.1 Å². The number of hydrogen-bond acceptors (Lipinski definition) is 2. The standard InChI is InChI=1S/C21H26ClN3O/c1-17-3-2-4-19(15-17)16-23-21(26)25-13-11-24(12-14-25)10-9-18-5-7-20(22)8-6-18/h2-8,15H,9-14,16H2,1H3,(H,23,26). The molecule has 1 aliphatic heterocycles. The molecular formula is C21H26ClN3O. The van der Waals surface area contributed by atoms with Gasteiger partial charge in [-0.1, -0.05) is 53.6 Å². The van der Waals surface area contributed by atoms with Gasteiger partial charge in [0.15, 0.2) is 0 Å². The minimum Gasteiger partial charge on any atom is -0.334 e. The average molecular weight is 372 g/mol. The number of amides is 2. The van der Waals surface area contributed by atoms with Crippen LogP contribution in [0, 0.1) is 6.92 Å². The maximum absolute atomic E-state index is 12.4. The van der Waals surface area contributed by atoms with E-state index in [0.29, 0.717) is 6.54 Å². The van der Waals surface area contributed by atoms with E-state index in [1.165, 1.54) is 11.1 Å². The molecule has 0 aromatic heterocycles. The second-order valence-corrected chi connectivity index (χ2v) is 7.29. The zero-order chi connectivity index (χ0) is 18.4. The number of halogens is 1. The van der Waals surface area contributed by atoms with Crippen molar-refractivity contribution in [2.24, 2.45) is 0 Å². The summed E-state index contributed by atoms with van der Waals surface area (Å²) in [5, 5.41) is 3.81. The summed E-state index contributed by atoms with van der Waals surface area (Å²) >= 11 is 5.92.